The van der Waals surface area contributed by atoms with E-state index in [-0.39, 0.29) is 5.41 Å². The molecule has 0 aliphatic heterocycles. The Labute approximate surface area is 289 Å². The zero-order chi connectivity index (χ0) is 33.2. The molecule has 0 atom stereocenters. The van der Waals surface area contributed by atoms with Gasteiger partial charge in [0.2, 0.25) is 0 Å². The SMILES string of the molecule is CC1(C)C=CC(c2ccc3cc(-c4cccc(C=Cc5c(-c6ccccc6)ccc6ccccc56)c4)ccc3c2)=CC=Cc2ccccc21. The van der Waals surface area contributed by atoms with Crippen LogP contribution in [0.5, 0.6) is 0 Å². The van der Waals surface area contributed by atoms with Crippen LogP contribution in [0.1, 0.15) is 41.7 Å². The number of rotatable bonds is 5. The summed E-state index contributed by atoms with van der Waals surface area (Å²) >= 11 is 0. The number of allylic oxidation sites excluding steroid dienone is 5. The van der Waals surface area contributed by atoms with Gasteiger partial charge in [-0.2, -0.15) is 0 Å². The molecular weight excluding hydrogens is 589 g/mol. The van der Waals surface area contributed by atoms with Crippen molar-refractivity contribution in [3.63, 3.8) is 0 Å². The lowest BCUT2D eigenvalue weighted by Crippen LogP contribution is -2.14. The topological polar surface area (TPSA) is 0 Å². The lowest BCUT2D eigenvalue weighted by Gasteiger charge is -2.23. The summed E-state index contributed by atoms with van der Waals surface area (Å²) in [6, 6.07) is 55.0. The zero-order valence-electron chi connectivity index (χ0n) is 28.0. The average molecular weight is 627 g/mol. The molecule has 1 aliphatic carbocycles. The summed E-state index contributed by atoms with van der Waals surface area (Å²) < 4.78 is 0. The highest BCUT2D eigenvalue weighted by Gasteiger charge is 2.20. The molecule has 0 heterocycles. The van der Waals surface area contributed by atoms with E-state index in [1.54, 1.807) is 0 Å². The summed E-state index contributed by atoms with van der Waals surface area (Å²) in [4.78, 5) is 0. The third-order valence-electron chi connectivity index (χ3n) is 9.78. The molecule has 0 heteroatoms. The van der Waals surface area contributed by atoms with Gasteiger partial charge in [-0.15, -0.1) is 0 Å². The van der Waals surface area contributed by atoms with E-state index in [9.17, 15) is 0 Å². The molecule has 0 radical (unpaired) electrons. The van der Waals surface area contributed by atoms with Crippen molar-refractivity contribution in [2.24, 2.45) is 0 Å². The second kappa shape index (κ2) is 12.9. The molecule has 0 amide bonds. The molecule has 0 nitrogen and oxygen atoms in total. The minimum Gasteiger partial charge on any atom is -0.0738 e. The maximum atomic E-state index is 2.34. The minimum absolute atomic E-state index is 0.0705. The Balaban J connectivity index is 1.10. The van der Waals surface area contributed by atoms with Crippen LogP contribution in [-0.2, 0) is 5.41 Å². The fourth-order valence-corrected chi connectivity index (χ4v) is 7.07. The molecule has 49 heavy (non-hydrogen) atoms. The van der Waals surface area contributed by atoms with Gasteiger partial charge in [-0.05, 0) is 95.4 Å². The quantitative estimate of drug-likeness (QED) is 0.167. The second-order valence-electron chi connectivity index (χ2n) is 13.5. The van der Waals surface area contributed by atoms with Gasteiger partial charge in [-0.3, -0.25) is 0 Å². The Bertz CT molecular complexity index is 2450. The molecule has 0 spiro atoms. The predicted molar refractivity (Wildman–Crippen MR) is 213 cm³/mol. The number of fused-ring (bicyclic) bond motifs is 3. The van der Waals surface area contributed by atoms with Crippen molar-refractivity contribution >= 4 is 45.3 Å². The zero-order valence-corrected chi connectivity index (χ0v) is 28.0. The smallest absolute Gasteiger partial charge is 0.00845 e. The molecule has 7 aromatic rings. The van der Waals surface area contributed by atoms with E-state index in [4.69, 9.17) is 0 Å². The summed E-state index contributed by atoms with van der Waals surface area (Å²) in [5.41, 5.74) is 12.3. The van der Waals surface area contributed by atoms with Crippen molar-refractivity contribution < 1.29 is 0 Å². The highest BCUT2D eigenvalue weighted by molar-refractivity contribution is 5.99. The van der Waals surface area contributed by atoms with Gasteiger partial charge in [-0.25, -0.2) is 0 Å². The third-order valence-corrected chi connectivity index (χ3v) is 9.78. The fraction of sp³-hybridized carbons (Fsp3) is 0.0612. The van der Waals surface area contributed by atoms with Gasteiger partial charge >= 0.3 is 0 Å². The molecule has 8 rings (SSSR count). The predicted octanol–water partition coefficient (Wildman–Crippen LogP) is 13.4. The first-order valence-corrected chi connectivity index (χ1v) is 17.1. The molecule has 0 fully saturated rings. The van der Waals surface area contributed by atoms with E-state index in [0.717, 1.165) is 0 Å². The van der Waals surface area contributed by atoms with Crippen LogP contribution in [0, 0.1) is 0 Å². The van der Waals surface area contributed by atoms with Gasteiger partial charge in [0, 0.05) is 5.41 Å². The highest BCUT2D eigenvalue weighted by atomic mass is 14.2. The first-order chi connectivity index (χ1) is 24.0. The summed E-state index contributed by atoms with van der Waals surface area (Å²) in [6.45, 7) is 4.58. The summed E-state index contributed by atoms with van der Waals surface area (Å²) in [5, 5.41) is 4.98. The highest BCUT2D eigenvalue weighted by Crippen LogP contribution is 2.35. The van der Waals surface area contributed by atoms with E-state index < -0.39 is 0 Å². The van der Waals surface area contributed by atoms with E-state index in [2.05, 4.69) is 208 Å². The maximum Gasteiger partial charge on any atom is 0.00845 e. The van der Waals surface area contributed by atoms with Crippen LogP contribution < -0.4 is 0 Å². The molecule has 234 valence electrons. The van der Waals surface area contributed by atoms with E-state index >= 15 is 0 Å². The Hall–Kier alpha value is -5.98. The molecule has 1 aliphatic rings. The van der Waals surface area contributed by atoms with Crippen molar-refractivity contribution in [1.29, 1.82) is 0 Å². The van der Waals surface area contributed by atoms with E-state index in [1.807, 2.05) is 0 Å². The number of hydrogen-bond acceptors (Lipinski definition) is 0. The van der Waals surface area contributed by atoms with Crippen LogP contribution in [0.3, 0.4) is 0 Å². The summed E-state index contributed by atoms with van der Waals surface area (Å²) in [7, 11) is 0. The Morgan fingerprint density at radius 2 is 1.18 bits per heavy atom. The monoisotopic (exact) mass is 626 g/mol. The van der Waals surface area contributed by atoms with E-state index in [0.29, 0.717) is 0 Å². The molecule has 0 unspecified atom stereocenters. The van der Waals surface area contributed by atoms with Crippen molar-refractivity contribution in [2.75, 3.05) is 0 Å². The first kappa shape index (κ1) is 30.4. The van der Waals surface area contributed by atoms with Gasteiger partial charge in [0.1, 0.15) is 0 Å². The molecule has 0 bridgehead atoms. The van der Waals surface area contributed by atoms with Gasteiger partial charge in [0.15, 0.2) is 0 Å². The Morgan fingerprint density at radius 1 is 0.490 bits per heavy atom. The van der Waals surface area contributed by atoms with Gasteiger partial charge in [0.25, 0.3) is 0 Å². The van der Waals surface area contributed by atoms with Crippen LogP contribution in [-0.4, -0.2) is 0 Å². The van der Waals surface area contributed by atoms with Gasteiger partial charge < -0.3 is 0 Å². The molecule has 0 aromatic heterocycles. The standard InChI is InChI=1S/C49H38/c1-49(2)31-30-36(17-11-18-39-16-7-9-21-48(39)49)41-23-24-44-34-42(25-26-43(44)33-41)40-19-10-12-35(32-40)22-28-47-45-20-8-6-15-38(45)27-29-46(47)37-13-4-3-5-14-37/h3-34H,1-2H3. The van der Waals surface area contributed by atoms with Crippen molar-refractivity contribution in [2.45, 2.75) is 19.3 Å². The van der Waals surface area contributed by atoms with Crippen molar-refractivity contribution in [3.05, 3.63) is 204 Å². The average Bonchev–Trinajstić information content (AvgIpc) is 3.21. The lowest BCUT2D eigenvalue weighted by atomic mass is 9.81. The summed E-state index contributed by atoms with van der Waals surface area (Å²) in [5.74, 6) is 0. The molecule has 7 aromatic carbocycles. The fourth-order valence-electron chi connectivity index (χ4n) is 7.07. The van der Waals surface area contributed by atoms with Crippen molar-refractivity contribution in [1.82, 2.24) is 0 Å². The first-order valence-electron chi connectivity index (χ1n) is 17.1. The molecule has 0 saturated carbocycles. The van der Waals surface area contributed by atoms with Crippen LogP contribution in [0.4, 0.5) is 0 Å². The molecular formula is C49H38. The second-order valence-corrected chi connectivity index (χ2v) is 13.5. The van der Waals surface area contributed by atoms with Crippen LogP contribution in [0.15, 0.2) is 176 Å². The van der Waals surface area contributed by atoms with Gasteiger partial charge in [0.05, 0.1) is 0 Å². The molecule has 0 N–H and O–H groups in total. The van der Waals surface area contributed by atoms with E-state index in [1.165, 1.54) is 77.2 Å². The summed E-state index contributed by atoms with van der Waals surface area (Å²) in [6.07, 6.45) is 15.8. The Morgan fingerprint density at radius 3 is 2.06 bits per heavy atom. The van der Waals surface area contributed by atoms with Crippen molar-refractivity contribution in [3.8, 4) is 22.3 Å². The number of benzene rings is 7. The Kier molecular flexibility index (Phi) is 8.00. The maximum absolute atomic E-state index is 2.34. The largest absolute Gasteiger partial charge is 0.0738 e. The van der Waals surface area contributed by atoms with Crippen LogP contribution in [0.2, 0.25) is 0 Å². The van der Waals surface area contributed by atoms with Gasteiger partial charge in [-0.1, -0.05) is 190 Å². The molecule has 0 saturated heterocycles. The normalized spacial score (nSPS) is 14.0. The van der Waals surface area contributed by atoms with Crippen LogP contribution >= 0.6 is 0 Å². The lowest BCUT2D eigenvalue weighted by molar-refractivity contribution is 0.669. The number of hydrogen-bond donors (Lipinski definition) is 0. The minimum atomic E-state index is -0.0705. The third kappa shape index (κ3) is 6.22. The van der Waals surface area contributed by atoms with Crippen LogP contribution in [0.25, 0.3) is 67.6 Å².